The van der Waals surface area contributed by atoms with Gasteiger partial charge in [0.1, 0.15) is 5.75 Å². The second kappa shape index (κ2) is 8.18. The molecular formula is C19H18N6O2S2. The summed E-state index contributed by atoms with van der Waals surface area (Å²) in [4.78, 5) is 16.8. The molecule has 29 heavy (non-hydrogen) atoms. The Kier molecular flexibility index (Phi) is 5.45. The van der Waals surface area contributed by atoms with Crippen molar-refractivity contribution in [1.82, 2.24) is 25.2 Å². The fourth-order valence-electron chi connectivity index (χ4n) is 2.66. The summed E-state index contributed by atoms with van der Waals surface area (Å²) in [5, 5.41) is 15.8. The van der Waals surface area contributed by atoms with Crippen LogP contribution < -0.4 is 10.1 Å². The van der Waals surface area contributed by atoms with Crippen LogP contribution >= 0.6 is 23.1 Å². The number of tetrazole rings is 1. The smallest absolute Gasteiger partial charge is 0.236 e. The van der Waals surface area contributed by atoms with E-state index in [0.29, 0.717) is 10.3 Å². The molecule has 2 aromatic carbocycles. The van der Waals surface area contributed by atoms with Crippen molar-refractivity contribution in [3.05, 3.63) is 47.5 Å². The van der Waals surface area contributed by atoms with Gasteiger partial charge in [-0.25, -0.2) is 4.98 Å². The number of carbonyl (C=O) groups is 1. The zero-order valence-corrected chi connectivity index (χ0v) is 17.7. The van der Waals surface area contributed by atoms with Crippen LogP contribution in [0.3, 0.4) is 0 Å². The van der Waals surface area contributed by atoms with Gasteiger partial charge in [-0.1, -0.05) is 29.2 Å². The van der Waals surface area contributed by atoms with E-state index in [1.807, 2.05) is 43.3 Å². The number of amides is 1. The molecule has 4 rings (SSSR count). The van der Waals surface area contributed by atoms with E-state index in [9.17, 15) is 4.79 Å². The number of hydrogen-bond donors (Lipinski definition) is 1. The standard InChI is InChI=1S/C19H18N6O2S2/c1-11-4-5-13(8-12(11)2)25-19(22-23-24-25)28-10-17(26)21-18-20-15-7-6-14(27-3)9-16(15)29-18/h4-9H,10H2,1-3H3,(H,20,21,26). The highest BCUT2D eigenvalue weighted by Gasteiger charge is 2.14. The maximum Gasteiger partial charge on any atom is 0.236 e. The number of hydrogen-bond acceptors (Lipinski definition) is 8. The first-order valence-electron chi connectivity index (χ1n) is 8.77. The number of nitrogens with zero attached hydrogens (tertiary/aromatic N) is 5. The monoisotopic (exact) mass is 426 g/mol. The van der Waals surface area contributed by atoms with E-state index in [1.54, 1.807) is 11.8 Å². The molecular weight excluding hydrogens is 408 g/mol. The first kappa shape index (κ1) is 19.3. The van der Waals surface area contributed by atoms with E-state index in [4.69, 9.17) is 4.74 Å². The Bertz CT molecular complexity index is 1190. The molecule has 8 nitrogen and oxygen atoms in total. The molecule has 0 aliphatic carbocycles. The van der Waals surface area contributed by atoms with E-state index in [0.717, 1.165) is 27.2 Å². The largest absolute Gasteiger partial charge is 0.497 e. The second-order valence-corrected chi connectivity index (χ2v) is 8.30. The number of thiazole rings is 1. The Morgan fingerprint density at radius 2 is 2.07 bits per heavy atom. The maximum absolute atomic E-state index is 12.4. The van der Waals surface area contributed by atoms with Gasteiger partial charge in [-0.3, -0.25) is 4.79 Å². The summed E-state index contributed by atoms with van der Waals surface area (Å²) in [5.41, 5.74) is 4.03. The minimum atomic E-state index is -0.171. The van der Waals surface area contributed by atoms with Crippen LogP contribution in [0.25, 0.3) is 15.9 Å². The third-order valence-corrected chi connectivity index (χ3v) is 6.20. The maximum atomic E-state index is 12.4. The molecule has 0 atom stereocenters. The summed E-state index contributed by atoms with van der Waals surface area (Å²) in [6.07, 6.45) is 0. The molecule has 2 aromatic heterocycles. The molecule has 0 fully saturated rings. The normalized spacial score (nSPS) is 11.0. The number of ether oxygens (including phenoxy) is 1. The highest BCUT2D eigenvalue weighted by molar-refractivity contribution is 7.99. The number of benzene rings is 2. The van der Waals surface area contributed by atoms with Gasteiger partial charge in [0, 0.05) is 0 Å². The van der Waals surface area contributed by atoms with Gasteiger partial charge in [-0.2, -0.15) is 4.68 Å². The Morgan fingerprint density at radius 3 is 2.86 bits per heavy atom. The summed E-state index contributed by atoms with van der Waals surface area (Å²) in [5.74, 6) is 0.758. The first-order valence-corrected chi connectivity index (χ1v) is 10.6. The number of aromatic nitrogens is 5. The summed E-state index contributed by atoms with van der Waals surface area (Å²) >= 11 is 2.67. The fraction of sp³-hybridized carbons (Fsp3) is 0.211. The third kappa shape index (κ3) is 4.22. The van der Waals surface area contributed by atoms with Crippen LogP contribution in [-0.2, 0) is 4.79 Å². The highest BCUT2D eigenvalue weighted by atomic mass is 32.2. The minimum Gasteiger partial charge on any atom is -0.497 e. The Balaban J connectivity index is 1.43. The van der Waals surface area contributed by atoms with Crippen LogP contribution in [0.2, 0.25) is 0 Å². The van der Waals surface area contributed by atoms with Gasteiger partial charge < -0.3 is 10.1 Å². The molecule has 0 spiro atoms. The molecule has 0 bridgehead atoms. The molecule has 2 heterocycles. The van der Waals surface area contributed by atoms with Crippen LogP contribution in [0.5, 0.6) is 5.75 Å². The number of methoxy groups -OCH3 is 1. The topological polar surface area (TPSA) is 94.8 Å². The van der Waals surface area contributed by atoms with Crippen molar-refractivity contribution in [3.8, 4) is 11.4 Å². The lowest BCUT2D eigenvalue weighted by Gasteiger charge is -2.06. The number of aryl methyl sites for hydroxylation is 2. The average Bonchev–Trinajstić information content (AvgIpc) is 3.34. The van der Waals surface area contributed by atoms with E-state index in [1.165, 1.54) is 28.7 Å². The molecule has 1 amide bonds. The lowest BCUT2D eigenvalue weighted by Crippen LogP contribution is -2.14. The van der Waals surface area contributed by atoms with Crippen molar-refractivity contribution >= 4 is 44.4 Å². The van der Waals surface area contributed by atoms with Crippen LogP contribution in [0.15, 0.2) is 41.6 Å². The second-order valence-electron chi connectivity index (χ2n) is 6.33. The predicted octanol–water partition coefficient (Wildman–Crippen LogP) is 3.63. The van der Waals surface area contributed by atoms with Crippen LogP contribution in [0.1, 0.15) is 11.1 Å². The first-order chi connectivity index (χ1) is 14.0. The van der Waals surface area contributed by atoms with Gasteiger partial charge in [0.25, 0.3) is 0 Å². The van der Waals surface area contributed by atoms with Gasteiger partial charge in [-0.05, 0) is 65.7 Å². The quantitative estimate of drug-likeness (QED) is 0.471. The van der Waals surface area contributed by atoms with Crippen molar-refractivity contribution in [3.63, 3.8) is 0 Å². The van der Waals surface area contributed by atoms with Gasteiger partial charge in [-0.15, -0.1) is 5.10 Å². The number of fused-ring (bicyclic) bond motifs is 1. The molecule has 148 valence electrons. The molecule has 0 saturated carbocycles. The van der Waals surface area contributed by atoms with Crippen molar-refractivity contribution in [2.45, 2.75) is 19.0 Å². The minimum absolute atomic E-state index is 0.171. The molecule has 0 saturated heterocycles. The molecule has 0 radical (unpaired) electrons. The third-order valence-electron chi connectivity index (χ3n) is 4.35. The van der Waals surface area contributed by atoms with Gasteiger partial charge in [0.15, 0.2) is 5.13 Å². The Labute approximate surface area is 175 Å². The summed E-state index contributed by atoms with van der Waals surface area (Å²) in [6.45, 7) is 4.09. The lowest BCUT2D eigenvalue weighted by molar-refractivity contribution is -0.113. The van der Waals surface area contributed by atoms with Crippen LogP contribution in [-0.4, -0.2) is 44.0 Å². The molecule has 1 N–H and O–H groups in total. The number of thioether (sulfide) groups is 1. The van der Waals surface area contributed by atoms with Crippen molar-refractivity contribution in [2.75, 3.05) is 18.2 Å². The summed E-state index contributed by atoms with van der Waals surface area (Å²) in [7, 11) is 1.62. The van der Waals surface area contributed by atoms with E-state index in [2.05, 4.69) is 32.7 Å². The molecule has 0 unspecified atom stereocenters. The Morgan fingerprint density at radius 1 is 1.21 bits per heavy atom. The number of anilines is 1. The lowest BCUT2D eigenvalue weighted by atomic mass is 10.1. The predicted molar refractivity (Wildman–Crippen MR) is 114 cm³/mol. The number of carbonyl (C=O) groups excluding carboxylic acids is 1. The number of nitrogens with one attached hydrogen (secondary N) is 1. The van der Waals surface area contributed by atoms with Crippen molar-refractivity contribution < 1.29 is 9.53 Å². The average molecular weight is 427 g/mol. The van der Waals surface area contributed by atoms with Gasteiger partial charge in [0.2, 0.25) is 11.1 Å². The van der Waals surface area contributed by atoms with E-state index in [-0.39, 0.29) is 11.7 Å². The molecule has 0 aliphatic heterocycles. The molecule has 0 aliphatic rings. The van der Waals surface area contributed by atoms with Crippen LogP contribution in [0, 0.1) is 13.8 Å². The van der Waals surface area contributed by atoms with Gasteiger partial charge >= 0.3 is 0 Å². The van der Waals surface area contributed by atoms with E-state index < -0.39 is 0 Å². The van der Waals surface area contributed by atoms with Crippen LogP contribution in [0.4, 0.5) is 5.13 Å². The zero-order valence-electron chi connectivity index (χ0n) is 16.0. The van der Waals surface area contributed by atoms with Crippen molar-refractivity contribution in [1.29, 1.82) is 0 Å². The molecule has 10 heteroatoms. The molecule has 4 aromatic rings. The Hall–Kier alpha value is -2.98. The highest BCUT2D eigenvalue weighted by Crippen LogP contribution is 2.29. The fourth-order valence-corrected chi connectivity index (χ4v) is 4.26. The zero-order chi connectivity index (χ0) is 20.4. The van der Waals surface area contributed by atoms with Crippen molar-refractivity contribution in [2.24, 2.45) is 0 Å². The SMILES string of the molecule is COc1ccc2nc(NC(=O)CSc3nnnn3-c3ccc(C)c(C)c3)sc2c1. The number of rotatable bonds is 6. The van der Waals surface area contributed by atoms with Gasteiger partial charge in [0.05, 0.1) is 28.8 Å². The summed E-state index contributed by atoms with van der Waals surface area (Å²) in [6, 6.07) is 11.6. The van der Waals surface area contributed by atoms with E-state index >= 15 is 0 Å². The summed E-state index contributed by atoms with van der Waals surface area (Å²) < 4.78 is 7.80.